The van der Waals surface area contributed by atoms with Crippen LogP contribution >= 0.6 is 0 Å². The lowest BCUT2D eigenvalue weighted by molar-refractivity contribution is 0.236. The summed E-state index contributed by atoms with van der Waals surface area (Å²) >= 11 is 0. The second-order valence-corrected chi connectivity index (χ2v) is 7.98. The maximum atomic E-state index is 12.1. The van der Waals surface area contributed by atoms with Crippen LogP contribution in [0.15, 0.2) is 40.9 Å². The van der Waals surface area contributed by atoms with Crippen LogP contribution in [0.5, 0.6) is 0 Å². The summed E-state index contributed by atoms with van der Waals surface area (Å²) in [6.07, 6.45) is 2.61. The molecule has 0 saturated carbocycles. The summed E-state index contributed by atoms with van der Waals surface area (Å²) < 4.78 is 29.8. The molecule has 1 aromatic carbocycles. The number of rotatable bonds is 4. The number of piperidine rings is 1. The van der Waals surface area contributed by atoms with E-state index in [1.165, 1.54) is 10.6 Å². The first-order valence-electron chi connectivity index (χ1n) is 7.96. The van der Waals surface area contributed by atoms with Gasteiger partial charge in [0.05, 0.1) is 6.26 Å². The van der Waals surface area contributed by atoms with Crippen molar-refractivity contribution in [1.82, 2.24) is 14.8 Å². The Bertz CT molecular complexity index is 835. The summed E-state index contributed by atoms with van der Waals surface area (Å²) in [5.74, 6) is 0.851. The number of sulfonamides is 1. The second-order valence-electron chi connectivity index (χ2n) is 6.00. The zero-order chi connectivity index (χ0) is 17.9. The lowest BCUT2D eigenvalue weighted by Crippen LogP contribution is -2.50. The summed E-state index contributed by atoms with van der Waals surface area (Å²) in [5, 5.41) is 9.22. The normalized spacial score (nSPS) is 18.7. The first-order valence-corrected chi connectivity index (χ1v) is 9.81. The van der Waals surface area contributed by atoms with Gasteiger partial charge in [0.1, 0.15) is 0 Å². The molecule has 2 heterocycles. The zero-order valence-electron chi connectivity index (χ0n) is 13.8. The van der Waals surface area contributed by atoms with Crippen molar-refractivity contribution < 1.29 is 17.7 Å². The number of benzene rings is 1. The minimum atomic E-state index is -3.25. The summed E-state index contributed by atoms with van der Waals surface area (Å²) in [6.45, 7) is 0.767. The van der Waals surface area contributed by atoms with E-state index in [-0.39, 0.29) is 12.6 Å². The molecule has 1 aromatic heterocycles. The lowest BCUT2D eigenvalue weighted by atomic mass is 10.1. The number of nitrogens with zero attached hydrogens (tertiary/aromatic N) is 2. The quantitative estimate of drug-likeness (QED) is 0.862. The molecule has 8 nitrogen and oxygen atoms in total. The molecule has 25 heavy (non-hydrogen) atoms. The highest BCUT2D eigenvalue weighted by Gasteiger charge is 2.26. The molecule has 0 radical (unpaired) electrons. The highest BCUT2D eigenvalue weighted by molar-refractivity contribution is 7.88. The fourth-order valence-corrected chi connectivity index (χ4v) is 3.68. The summed E-state index contributed by atoms with van der Waals surface area (Å²) in [7, 11) is -3.25. The van der Waals surface area contributed by atoms with Crippen LogP contribution in [0.2, 0.25) is 0 Å². The van der Waals surface area contributed by atoms with Gasteiger partial charge in [-0.25, -0.2) is 17.5 Å². The van der Waals surface area contributed by atoms with Gasteiger partial charge in [-0.3, -0.25) is 5.32 Å². The number of anilines is 1. The van der Waals surface area contributed by atoms with E-state index in [4.69, 9.17) is 4.52 Å². The number of hydrogen-bond acceptors (Lipinski definition) is 5. The van der Waals surface area contributed by atoms with Crippen LogP contribution in [0, 0.1) is 0 Å². The van der Waals surface area contributed by atoms with Crippen molar-refractivity contribution in [2.24, 2.45) is 0 Å². The van der Waals surface area contributed by atoms with Gasteiger partial charge in [0.2, 0.25) is 10.0 Å². The van der Waals surface area contributed by atoms with Gasteiger partial charge >= 0.3 is 6.03 Å². The molecule has 1 unspecified atom stereocenters. The molecule has 1 atom stereocenters. The van der Waals surface area contributed by atoms with Gasteiger partial charge in [0.15, 0.2) is 11.6 Å². The van der Waals surface area contributed by atoms with Gasteiger partial charge in [0.25, 0.3) is 0 Å². The Morgan fingerprint density at radius 2 is 2.08 bits per heavy atom. The van der Waals surface area contributed by atoms with Gasteiger partial charge in [-0.15, -0.1) is 0 Å². The molecule has 0 spiro atoms. The molecule has 1 aliphatic rings. The Labute approximate surface area is 146 Å². The van der Waals surface area contributed by atoms with E-state index in [2.05, 4.69) is 15.8 Å². The summed E-state index contributed by atoms with van der Waals surface area (Å²) in [6, 6.07) is 10.4. The molecular weight excluding hydrogens is 344 g/mol. The van der Waals surface area contributed by atoms with Crippen molar-refractivity contribution >= 4 is 21.9 Å². The molecule has 1 aliphatic heterocycles. The van der Waals surface area contributed by atoms with Crippen LogP contribution in [-0.2, 0) is 10.0 Å². The standard InChI is InChI=1S/C16H20N4O4S/c1-25(22,23)20-9-5-8-13(11-20)17-16(21)18-15-10-14(24-19-15)12-6-3-2-4-7-12/h2-4,6-7,10,13H,5,8-9,11H2,1H3,(H2,17,18,19,21). The fraction of sp³-hybridized carbons (Fsp3) is 0.375. The van der Waals surface area contributed by atoms with Crippen molar-refractivity contribution in [2.45, 2.75) is 18.9 Å². The van der Waals surface area contributed by atoms with Crippen molar-refractivity contribution in [3.63, 3.8) is 0 Å². The maximum Gasteiger partial charge on any atom is 0.320 e. The number of urea groups is 1. The predicted molar refractivity (Wildman–Crippen MR) is 93.5 cm³/mol. The van der Waals surface area contributed by atoms with Crippen LogP contribution in [0.4, 0.5) is 10.6 Å². The van der Waals surface area contributed by atoms with Crippen LogP contribution in [0.3, 0.4) is 0 Å². The number of nitrogens with one attached hydrogen (secondary N) is 2. The zero-order valence-corrected chi connectivity index (χ0v) is 14.6. The van der Waals surface area contributed by atoms with E-state index in [1.807, 2.05) is 30.3 Å². The molecule has 134 valence electrons. The minimum Gasteiger partial charge on any atom is -0.354 e. The number of aromatic nitrogens is 1. The third-order valence-corrected chi connectivity index (χ3v) is 5.27. The molecule has 3 rings (SSSR count). The summed E-state index contributed by atoms with van der Waals surface area (Å²) in [5.41, 5.74) is 0.861. The molecule has 1 fully saturated rings. The number of carbonyl (C=O) groups excluding carboxylic acids is 1. The molecule has 9 heteroatoms. The predicted octanol–water partition coefficient (Wildman–Crippen LogP) is 1.89. The third-order valence-electron chi connectivity index (χ3n) is 4.00. The average Bonchev–Trinajstić information content (AvgIpc) is 3.03. The molecule has 0 bridgehead atoms. The van der Waals surface area contributed by atoms with Crippen LogP contribution in [0.1, 0.15) is 12.8 Å². The second kappa shape index (κ2) is 7.24. The first-order chi connectivity index (χ1) is 11.9. The molecule has 1 saturated heterocycles. The minimum absolute atomic E-state index is 0.232. The topological polar surface area (TPSA) is 105 Å². The Hall–Kier alpha value is -2.39. The Kier molecular flexibility index (Phi) is 5.05. The van der Waals surface area contributed by atoms with Gasteiger partial charge in [-0.05, 0) is 12.8 Å². The van der Waals surface area contributed by atoms with E-state index >= 15 is 0 Å². The number of amides is 2. The van der Waals surface area contributed by atoms with E-state index in [1.54, 1.807) is 6.07 Å². The van der Waals surface area contributed by atoms with Crippen molar-refractivity contribution in [3.05, 3.63) is 36.4 Å². The SMILES string of the molecule is CS(=O)(=O)N1CCCC(NC(=O)Nc2cc(-c3ccccc3)on2)C1. The Balaban J connectivity index is 1.57. The van der Waals surface area contributed by atoms with E-state index in [9.17, 15) is 13.2 Å². The average molecular weight is 364 g/mol. The monoisotopic (exact) mass is 364 g/mol. The van der Waals surface area contributed by atoms with Gasteiger partial charge in [-0.2, -0.15) is 0 Å². The third kappa shape index (κ3) is 4.58. The maximum absolute atomic E-state index is 12.1. The van der Waals surface area contributed by atoms with Gasteiger partial charge in [0, 0.05) is 30.8 Å². The molecular formula is C16H20N4O4S. The largest absolute Gasteiger partial charge is 0.354 e. The highest BCUT2D eigenvalue weighted by atomic mass is 32.2. The lowest BCUT2D eigenvalue weighted by Gasteiger charge is -2.31. The Morgan fingerprint density at radius 3 is 2.80 bits per heavy atom. The summed E-state index contributed by atoms with van der Waals surface area (Å²) in [4.78, 5) is 12.1. The molecule has 2 aromatic rings. The van der Waals surface area contributed by atoms with Crippen LogP contribution in [0.25, 0.3) is 11.3 Å². The molecule has 0 aliphatic carbocycles. The van der Waals surface area contributed by atoms with Crippen molar-refractivity contribution in [1.29, 1.82) is 0 Å². The van der Waals surface area contributed by atoms with Crippen LogP contribution in [-0.4, -0.2) is 49.3 Å². The fourth-order valence-electron chi connectivity index (χ4n) is 2.77. The Morgan fingerprint density at radius 1 is 1.32 bits per heavy atom. The molecule has 2 N–H and O–H groups in total. The van der Waals surface area contributed by atoms with Crippen molar-refractivity contribution in [3.8, 4) is 11.3 Å². The van der Waals surface area contributed by atoms with Crippen molar-refractivity contribution in [2.75, 3.05) is 24.7 Å². The van der Waals surface area contributed by atoms with E-state index < -0.39 is 16.1 Å². The number of carbonyl (C=O) groups is 1. The number of hydrogen-bond donors (Lipinski definition) is 2. The van der Waals surface area contributed by atoms with E-state index in [0.29, 0.717) is 24.5 Å². The van der Waals surface area contributed by atoms with Gasteiger partial charge in [-0.1, -0.05) is 35.5 Å². The smallest absolute Gasteiger partial charge is 0.320 e. The highest BCUT2D eigenvalue weighted by Crippen LogP contribution is 2.22. The van der Waals surface area contributed by atoms with Gasteiger partial charge < -0.3 is 9.84 Å². The van der Waals surface area contributed by atoms with E-state index in [0.717, 1.165) is 12.0 Å². The molecule has 2 amide bonds. The first kappa shape index (κ1) is 17.4. The van der Waals surface area contributed by atoms with Crippen LogP contribution < -0.4 is 10.6 Å².